The summed E-state index contributed by atoms with van der Waals surface area (Å²) in [6, 6.07) is 7.88. The lowest BCUT2D eigenvalue weighted by molar-refractivity contribution is -0.125. The fraction of sp³-hybridized carbons (Fsp3) is 0.562. The first-order valence-electron chi connectivity index (χ1n) is 7.30. The van der Waals surface area contributed by atoms with Crippen molar-refractivity contribution in [3.05, 3.63) is 29.8 Å². The second-order valence-corrected chi connectivity index (χ2v) is 4.90. The van der Waals surface area contributed by atoms with Gasteiger partial charge in [-0.15, -0.1) is 12.4 Å². The van der Waals surface area contributed by atoms with Crippen LogP contribution in [-0.2, 0) is 4.79 Å². The molecule has 0 spiro atoms. The highest BCUT2D eigenvalue weighted by atomic mass is 35.5. The fourth-order valence-corrected chi connectivity index (χ4v) is 2.17. The second-order valence-electron chi connectivity index (χ2n) is 4.90. The van der Waals surface area contributed by atoms with Crippen LogP contribution in [0.2, 0.25) is 0 Å². The first-order valence-corrected chi connectivity index (χ1v) is 7.30. The van der Waals surface area contributed by atoms with Crippen molar-refractivity contribution in [3.8, 4) is 5.75 Å². The molecule has 1 aromatic carbocycles. The second kappa shape index (κ2) is 10.5. The highest BCUT2D eigenvalue weighted by Gasteiger charge is 2.19. The molecule has 0 heterocycles. The molecule has 2 atom stereocenters. The van der Waals surface area contributed by atoms with E-state index in [1.807, 2.05) is 45.2 Å². The standard InChI is InChI=1S/C16H26N2O2.ClH/c1-5-14(18-16(19)12(3)11-17-4)13-9-7-8-10-15(13)20-6-2;/h7-10,12,14,17H,5-6,11H2,1-4H3,(H,18,19);1H. The highest BCUT2D eigenvalue weighted by Crippen LogP contribution is 2.27. The van der Waals surface area contributed by atoms with Crippen LogP contribution in [0.15, 0.2) is 24.3 Å². The lowest BCUT2D eigenvalue weighted by Gasteiger charge is -2.22. The maximum atomic E-state index is 12.2. The van der Waals surface area contributed by atoms with Crippen LogP contribution in [0.1, 0.15) is 38.8 Å². The Balaban J connectivity index is 0.00000400. The van der Waals surface area contributed by atoms with Gasteiger partial charge in [-0.1, -0.05) is 32.0 Å². The molecule has 1 aromatic rings. The molecular formula is C16H27ClN2O2. The summed E-state index contributed by atoms with van der Waals surface area (Å²) in [5.74, 6) is 0.870. The molecule has 21 heavy (non-hydrogen) atoms. The predicted molar refractivity (Wildman–Crippen MR) is 89.1 cm³/mol. The summed E-state index contributed by atoms with van der Waals surface area (Å²) in [6.07, 6.45) is 0.835. The van der Waals surface area contributed by atoms with Crippen LogP contribution in [0.4, 0.5) is 0 Å². The average Bonchev–Trinajstić information content (AvgIpc) is 2.46. The molecule has 0 aromatic heterocycles. The van der Waals surface area contributed by atoms with Gasteiger partial charge in [0, 0.05) is 18.0 Å². The largest absolute Gasteiger partial charge is 0.494 e. The van der Waals surface area contributed by atoms with Gasteiger partial charge in [-0.05, 0) is 26.5 Å². The highest BCUT2D eigenvalue weighted by molar-refractivity contribution is 5.85. The molecule has 0 aliphatic carbocycles. The van der Waals surface area contributed by atoms with Crippen LogP contribution in [-0.4, -0.2) is 26.1 Å². The normalized spacial score (nSPS) is 13.0. The summed E-state index contributed by atoms with van der Waals surface area (Å²) in [4.78, 5) is 12.2. The molecule has 0 fully saturated rings. The number of benzene rings is 1. The molecule has 0 radical (unpaired) electrons. The number of hydrogen-bond acceptors (Lipinski definition) is 3. The van der Waals surface area contributed by atoms with Crippen molar-refractivity contribution in [1.29, 1.82) is 0 Å². The Hall–Kier alpha value is -1.26. The van der Waals surface area contributed by atoms with Gasteiger partial charge in [0.05, 0.1) is 12.6 Å². The van der Waals surface area contributed by atoms with Crippen molar-refractivity contribution in [2.75, 3.05) is 20.2 Å². The van der Waals surface area contributed by atoms with E-state index in [-0.39, 0.29) is 30.3 Å². The van der Waals surface area contributed by atoms with Crippen LogP contribution in [0.25, 0.3) is 0 Å². The van der Waals surface area contributed by atoms with Crippen LogP contribution in [0.3, 0.4) is 0 Å². The minimum atomic E-state index is -0.0479. The zero-order chi connectivity index (χ0) is 15.0. The molecule has 0 aliphatic heterocycles. The van der Waals surface area contributed by atoms with Gasteiger partial charge in [0.1, 0.15) is 5.75 Å². The maximum absolute atomic E-state index is 12.2. The summed E-state index contributed by atoms with van der Waals surface area (Å²) in [5.41, 5.74) is 1.04. The topological polar surface area (TPSA) is 50.4 Å². The number of hydrogen-bond donors (Lipinski definition) is 2. The monoisotopic (exact) mass is 314 g/mol. The number of halogens is 1. The van der Waals surface area contributed by atoms with Gasteiger partial charge in [0.15, 0.2) is 0 Å². The van der Waals surface area contributed by atoms with E-state index in [1.165, 1.54) is 0 Å². The molecule has 2 N–H and O–H groups in total. The van der Waals surface area contributed by atoms with Crippen LogP contribution < -0.4 is 15.4 Å². The lowest BCUT2D eigenvalue weighted by Crippen LogP contribution is -2.36. The third kappa shape index (κ3) is 5.94. The van der Waals surface area contributed by atoms with Crippen LogP contribution in [0, 0.1) is 5.92 Å². The van der Waals surface area contributed by atoms with E-state index >= 15 is 0 Å². The first kappa shape index (κ1) is 19.7. The van der Waals surface area contributed by atoms with Crippen molar-refractivity contribution < 1.29 is 9.53 Å². The van der Waals surface area contributed by atoms with Gasteiger partial charge in [0.25, 0.3) is 0 Å². The smallest absolute Gasteiger partial charge is 0.224 e. The quantitative estimate of drug-likeness (QED) is 0.775. The van der Waals surface area contributed by atoms with Crippen molar-refractivity contribution in [2.24, 2.45) is 5.92 Å². The number of carbonyl (C=O) groups excluding carboxylic acids is 1. The molecule has 1 amide bonds. The summed E-state index contributed by atoms with van der Waals surface area (Å²) < 4.78 is 5.65. The molecule has 0 bridgehead atoms. The van der Waals surface area contributed by atoms with Gasteiger partial charge < -0.3 is 15.4 Å². The molecule has 4 nitrogen and oxygen atoms in total. The van der Waals surface area contributed by atoms with Crippen molar-refractivity contribution in [1.82, 2.24) is 10.6 Å². The molecule has 5 heteroatoms. The van der Waals surface area contributed by atoms with Crippen molar-refractivity contribution >= 4 is 18.3 Å². The first-order chi connectivity index (χ1) is 9.63. The van der Waals surface area contributed by atoms with Gasteiger partial charge in [-0.3, -0.25) is 4.79 Å². The molecule has 0 saturated heterocycles. The SMILES string of the molecule is CCOc1ccccc1C(CC)NC(=O)C(C)CNC.Cl. The Morgan fingerprint density at radius 2 is 1.95 bits per heavy atom. The van der Waals surface area contributed by atoms with Gasteiger partial charge in [-0.25, -0.2) is 0 Å². The minimum Gasteiger partial charge on any atom is -0.494 e. The Labute approximate surface area is 134 Å². The third-order valence-electron chi connectivity index (χ3n) is 3.28. The Kier molecular flexibility index (Phi) is 9.84. The van der Waals surface area contributed by atoms with Crippen molar-refractivity contribution in [3.63, 3.8) is 0 Å². The van der Waals surface area contributed by atoms with E-state index in [2.05, 4.69) is 17.6 Å². The van der Waals surface area contributed by atoms with Gasteiger partial charge >= 0.3 is 0 Å². The number of ether oxygens (including phenoxy) is 1. The van der Waals surface area contributed by atoms with Crippen LogP contribution >= 0.6 is 12.4 Å². The number of amides is 1. The van der Waals surface area contributed by atoms with E-state index in [0.29, 0.717) is 13.2 Å². The average molecular weight is 315 g/mol. The third-order valence-corrected chi connectivity index (χ3v) is 3.28. The Bertz CT molecular complexity index is 426. The molecule has 1 rings (SSSR count). The maximum Gasteiger partial charge on any atom is 0.224 e. The number of nitrogens with one attached hydrogen (secondary N) is 2. The van der Waals surface area contributed by atoms with Gasteiger partial charge in [0.2, 0.25) is 5.91 Å². The van der Waals surface area contributed by atoms with E-state index in [9.17, 15) is 4.79 Å². The minimum absolute atomic E-state index is 0. The van der Waals surface area contributed by atoms with Crippen LogP contribution in [0.5, 0.6) is 5.75 Å². The number of rotatable bonds is 8. The molecule has 2 unspecified atom stereocenters. The summed E-state index contributed by atoms with van der Waals surface area (Å²) >= 11 is 0. The predicted octanol–water partition coefficient (Wildman–Crippen LogP) is 2.93. The summed E-state index contributed by atoms with van der Waals surface area (Å²) in [7, 11) is 1.85. The molecule has 120 valence electrons. The molecular weight excluding hydrogens is 288 g/mol. The van der Waals surface area contributed by atoms with E-state index < -0.39 is 0 Å². The molecule has 0 saturated carbocycles. The Morgan fingerprint density at radius 1 is 1.29 bits per heavy atom. The lowest BCUT2D eigenvalue weighted by atomic mass is 10.0. The Morgan fingerprint density at radius 3 is 2.52 bits per heavy atom. The molecule has 0 aliphatic rings. The number of para-hydroxylation sites is 1. The van der Waals surface area contributed by atoms with Crippen molar-refractivity contribution in [2.45, 2.75) is 33.2 Å². The fourth-order valence-electron chi connectivity index (χ4n) is 2.17. The van der Waals surface area contributed by atoms with E-state index in [1.54, 1.807) is 0 Å². The zero-order valence-electron chi connectivity index (χ0n) is 13.3. The van der Waals surface area contributed by atoms with E-state index in [0.717, 1.165) is 17.7 Å². The summed E-state index contributed by atoms with van der Waals surface area (Å²) in [5, 5.41) is 6.13. The summed E-state index contributed by atoms with van der Waals surface area (Å²) in [6.45, 7) is 7.25. The zero-order valence-corrected chi connectivity index (χ0v) is 14.1. The van der Waals surface area contributed by atoms with E-state index in [4.69, 9.17) is 4.74 Å². The van der Waals surface area contributed by atoms with Gasteiger partial charge in [-0.2, -0.15) is 0 Å². The number of carbonyl (C=O) groups is 1.